The molecular formula is C20H17N3O3. The van der Waals surface area contributed by atoms with Crippen molar-refractivity contribution in [1.29, 1.82) is 5.26 Å². The zero-order chi connectivity index (χ0) is 18.5. The number of carbonyl (C=O) groups excluding carboxylic acids is 1. The van der Waals surface area contributed by atoms with Gasteiger partial charge in [-0.25, -0.2) is 4.79 Å². The largest absolute Gasteiger partial charge is 0.478 e. The molecule has 2 N–H and O–H groups in total. The summed E-state index contributed by atoms with van der Waals surface area (Å²) in [7, 11) is 0. The van der Waals surface area contributed by atoms with Crippen LogP contribution in [0.2, 0.25) is 0 Å². The number of ketones is 1. The molecule has 2 aliphatic carbocycles. The Balaban J connectivity index is 2.07. The van der Waals surface area contributed by atoms with Crippen LogP contribution >= 0.6 is 0 Å². The van der Waals surface area contributed by atoms with E-state index in [4.69, 9.17) is 0 Å². The fraction of sp³-hybridized carbons (Fsp3) is 0.300. The van der Waals surface area contributed by atoms with Crippen LogP contribution in [-0.4, -0.2) is 27.1 Å². The zero-order valence-electron chi connectivity index (χ0n) is 14.2. The number of aryl methyl sites for hydroxylation is 1. The number of H-pyrrole nitrogens is 1. The number of carbonyl (C=O) groups is 2. The van der Waals surface area contributed by atoms with Crippen LogP contribution in [0, 0.1) is 23.2 Å². The average Bonchev–Trinajstić information content (AvgIpc) is 3.14. The SMILES string of the molecule is C[C@@H]1C(=O)C(C#N)=C[C@]2(c3cccc(C(=O)O)c3)c3[nH]ncc3CC[C@@H]12. The zero-order valence-corrected chi connectivity index (χ0v) is 14.2. The minimum atomic E-state index is -1.01. The lowest BCUT2D eigenvalue weighted by Gasteiger charge is -2.47. The van der Waals surface area contributed by atoms with Crippen molar-refractivity contribution >= 4 is 11.8 Å². The maximum Gasteiger partial charge on any atom is 0.335 e. The molecule has 0 saturated heterocycles. The van der Waals surface area contributed by atoms with E-state index in [0.717, 1.165) is 29.7 Å². The summed E-state index contributed by atoms with van der Waals surface area (Å²) in [6.45, 7) is 1.86. The number of aromatic carboxylic acids is 1. The third kappa shape index (κ3) is 2.07. The van der Waals surface area contributed by atoms with Crippen molar-refractivity contribution in [2.75, 3.05) is 0 Å². The molecule has 0 unspecified atom stereocenters. The fourth-order valence-corrected chi connectivity index (χ4v) is 4.57. The van der Waals surface area contributed by atoms with E-state index in [0.29, 0.717) is 0 Å². The van der Waals surface area contributed by atoms with Crippen molar-refractivity contribution in [1.82, 2.24) is 10.2 Å². The highest BCUT2D eigenvalue weighted by molar-refractivity contribution is 6.02. The summed E-state index contributed by atoms with van der Waals surface area (Å²) in [5.74, 6) is -1.56. The molecule has 130 valence electrons. The van der Waals surface area contributed by atoms with E-state index in [2.05, 4.69) is 10.2 Å². The number of hydrogen-bond donors (Lipinski definition) is 2. The Hall–Kier alpha value is -3.20. The third-order valence-electron chi connectivity index (χ3n) is 5.80. The Morgan fingerprint density at radius 1 is 1.46 bits per heavy atom. The summed E-state index contributed by atoms with van der Waals surface area (Å²) in [6, 6.07) is 8.78. The second-order valence-electron chi connectivity index (χ2n) is 6.99. The first-order valence-electron chi connectivity index (χ1n) is 8.52. The maximum absolute atomic E-state index is 12.6. The molecule has 0 bridgehead atoms. The number of Topliss-reactive ketones (excluding diaryl/α,β-unsaturated/α-hetero) is 1. The number of benzene rings is 1. The van der Waals surface area contributed by atoms with E-state index < -0.39 is 11.4 Å². The Kier molecular flexibility index (Phi) is 3.55. The minimum absolute atomic E-state index is 0.0657. The summed E-state index contributed by atoms with van der Waals surface area (Å²) < 4.78 is 0. The number of rotatable bonds is 2. The van der Waals surface area contributed by atoms with Crippen molar-refractivity contribution in [3.05, 3.63) is 64.5 Å². The van der Waals surface area contributed by atoms with Gasteiger partial charge in [0.1, 0.15) is 6.07 Å². The van der Waals surface area contributed by atoms with Crippen LogP contribution in [0.15, 0.2) is 42.1 Å². The van der Waals surface area contributed by atoms with E-state index in [-0.39, 0.29) is 28.8 Å². The van der Waals surface area contributed by atoms with Gasteiger partial charge >= 0.3 is 5.97 Å². The van der Waals surface area contributed by atoms with Crippen LogP contribution in [0.1, 0.15) is 40.5 Å². The standard InChI is InChI=1S/C20H17N3O3/c1-11-16-6-5-13-10-22-23-18(13)20(16,8-14(9-21)17(11)24)15-4-2-3-12(7-15)19(25)26/h2-4,7-8,10-11,16H,5-6H2,1H3,(H,22,23)(H,25,26)/t11-,16-,20+/m0/s1. The average molecular weight is 347 g/mol. The van der Waals surface area contributed by atoms with E-state index in [1.165, 1.54) is 0 Å². The van der Waals surface area contributed by atoms with Gasteiger partial charge in [-0.1, -0.05) is 19.1 Å². The molecule has 1 heterocycles. The summed E-state index contributed by atoms with van der Waals surface area (Å²) >= 11 is 0. The normalized spacial score (nSPS) is 27.1. The molecule has 1 aromatic carbocycles. The summed E-state index contributed by atoms with van der Waals surface area (Å²) in [5, 5.41) is 26.2. The van der Waals surface area contributed by atoms with Crippen molar-refractivity contribution < 1.29 is 14.7 Å². The Labute approximate surface area is 150 Å². The minimum Gasteiger partial charge on any atom is -0.478 e. The Morgan fingerprint density at radius 3 is 3.00 bits per heavy atom. The van der Waals surface area contributed by atoms with Gasteiger partial charge in [0.05, 0.1) is 28.4 Å². The van der Waals surface area contributed by atoms with Gasteiger partial charge in [-0.3, -0.25) is 9.89 Å². The van der Waals surface area contributed by atoms with Crippen LogP contribution in [-0.2, 0) is 16.6 Å². The van der Waals surface area contributed by atoms with Crippen molar-refractivity contribution in [3.63, 3.8) is 0 Å². The predicted molar refractivity (Wildman–Crippen MR) is 92.4 cm³/mol. The molecule has 26 heavy (non-hydrogen) atoms. The quantitative estimate of drug-likeness (QED) is 0.868. The van der Waals surface area contributed by atoms with Gasteiger partial charge in [-0.15, -0.1) is 0 Å². The van der Waals surface area contributed by atoms with E-state index >= 15 is 0 Å². The first-order valence-corrected chi connectivity index (χ1v) is 8.52. The molecule has 1 aromatic heterocycles. The Bertz CT molecular complexity index is 998. The number of aromatic nitrogens is 2. The second-order valence-corrected chi connectivity index (χ2v) is 6.99. The molecule has 0 aliphatic heterocycles. The molecular weight excluding hydrogens is 330 g/mol. The van der Waals surface area contributed by atoms with E-state index in [1.807, 2.05) is 19.1 Å². The van der Waals surface area contributed by atoms with Crippen molar-refractivity contribution in [2.24, 2.45) is 11.8 Å². The topological polar surface area (TPSA) is 107 Å². The number of carboxylic acids is 1. The number of nitrogens with zero attached hydrogens (tertiary/aromatic N) is 2. The highest BCUT2D eigenvalue weighted by atomic mass is 16.4. The summed E-state index contributed by atoms with van der Waals surface area (Å²) in [5.41, 5.74) is 2.20. The fourth-order valence-electron chi connectivity index (χ4n) is 4.57. The molecule has 6 heteroatoms. The van der Waals surface area contributed by atoms with Crippen LogP contribution in [0.3, 0.4) is 0 Å². The van der Waals surface area contributed by atoms with Crippen LogP contribution in [0.25, 0.3) is 0 Å². The van der Waals surface area contributed by atoms with Gasteiger partial charge < -0.3 is 5.11 Å². The highest BCUT2D eigenvalue weighted by Crippen LogP contribution is 2.53. The van der Waals surface area contributed by atoms with Gasteiger partial charge in [-0.05, 0) is 48.1 Å². The van der Waals surface area contributed by atoms with Gasteiger partial charge in [0.2, 0.25) is 0 Å². The summed E-state index contributed by atoms with van der Waals surface area (Å²) in [4.78, 5) is 24.1. The maximum atomic E-state index is 12.6. The summed E-state index contributed by atoms with van der Waals surface area (Å²) in [6.07, 6.45) is 5.06. The monoisotopic (exact) mass is 347 g/mol. The Morgan fingerprint density at radius 2 is 2.27 bits per heavy atom. The predicted octanol–water partition coefficient (Wildman–Crippen LogP) is 2.63. The van der Waals surface area contributed by atoms with Gasteiger partial charge in [-0.2, -0.15) is 10.4 Å². The molecule has 0 saturated carbocycles. The first-order chi connectivity index (χ1) is 12.5. The lowest BCUT2D eigenvalue weighted by atomic mass is 9.54. The third-order valence-corrected chi connectivity index (χ3v) is 5.80. The lowest BCUT2D eigenvalue weighted by molar-refractivity contribution is -0.121. The second kappa shape index (κ2) is 5.67. The van der Waals surface area contributed by atoms with Crippen molar-refractivity contribution in [3.8, 4) is 6.07 Å². The molecule has 2 aliphatic rings. The molecule has 0 amide bonds. The van der Waals surface area contributed by atoms with Crippen LogP contribution in [0.4, 0.5) is 0 Å². The number of hydrogen-bond acceptors (Lipinski definition) is 4. The molecule has 0 radical (unpaired) electrons. The molecule has 0 fully saturated rings. The van der Waals surface area contributed by atoms with Crippen molar-refractivity contribution in [2.45, 2.75) is 25.2 Å². The molecule has 0 spiro atoms. The molecule has 2 aromatic rings. The molecule has 3 atom stereocenters. The smallest absolute Gasteiger partial charge is 0.335 e. The van der Waals surface area contributed by atoms with E-state index in [9.17, 15) is 20.0 Å². The number of aromatic amines is 1. The molecule has 6 nitrogen and oxygen atoms in total. The number of fused-ring (bicyclic) bond motifs is 3. The van der Waals surface area contributed by atoms with Crippen LogP contribution < -0.4 is 0 Å². The van der Waals surface area contributed by atoms with E-state index in [1.54, 1.807) is 30.5 Å². The number of nitrogens with one attached hydrogen (secondary N) is 1. The number of allylic oxidation sites excluding steroid dienone is 2. The molecule has 4 rings (SSSR count). The first kappa shape index (κ1) is 16.3. The van der Waals surface area contributed by atoms with Gasteiger partial charge in [0.25, 0.3) is 0 Å². The van der Waals surface area contributed by atoms with Gasteiger partial charge in [0, 0.05) is 5.92 Å². The number of nitriles is 1. The lowest BCUT2D eigenvalue weighted by Crippen LogP contribution is -2.48. The number of carboxylic acid groups (broad SMARTS) is 1. The highest BCUT2D eigenvalue weighted by Gasteiger charge is 2.52. The van der Waals surface area contributed by atoms with Crippen LogP contribution in [0.5, 0.6) is 0 Å². The van der Waals surface area contributed by atoms with Gasteiger partial charge in [0.15, 0.2) is 5.78 Å².